The van der Waals surface area contributed by atoms with Crippen molar-refractivity contribution >= 4 is 34.0 Å². The first kappa shape index (κ1) is 17.9. The molecule has 0 saturated heterocycles. The molecule has 5 heteroatoms. The molecule has 3 aromatic carbocycles. The van der Waals surface area contributed by atoms with Crippen molar-refractivity contribution in [2.45, 2.75) is 13.0 Å². The summed E-state index contributed by atoms with van der Waals surface area (Å²) in [6.07, 6.45) is 0. The molecule has 0 radical (unpaired) electrons. The van der Waals surface area contributed by atoms with Gasteiger partial charge in [0.2, 0.25) is 0 Å². The number of nitrogens with zero attached hydrogens (tertiary/aromatic N) is 1. The second-order valence-electron chi connectivity index (χ2n) is 6.15. The molecule has 3 rings (SSSR count). The molecule has 0 heterocycles. The standard InChI is InChI=1S/C21H18ClN3O/c1-14(18-8-4-6-15-5-2-3-7-19(15)18)24-13-21(26)25-20-11-17(22)10-9-16(20)12-23/h2-11,14,24H,13H2,1H3,(H,25,26)/p+1/t14-/m0/s1. The fourth-order valence-corrected chi connectivity index (χ4v) is 3.15. The molecule has 0 fully saturated rings. The SMILES string of the molecule is C[C@H]([NH2+]CC(=O)Nc1cc(Cl)ccc1C#N)c1cccc2ccccc12. The van der Waals surface area contributed by atoms with E-state index in [1.54, 1.807) is 18.2 Å². The quantitative estimate of drug-likeness (QED) is 0.725. The average molecular weight is 365 g/mol. The van der Waals surface area contributed by atoms with Gasteiger partial charge in [-0.1, -0.05) is 54.1 Å². The number of carbonyl (C=O) groups excluding carboxylic acids is 1. The fraction of sp³-hybridized carbons (Fsp3) is 0.143. The maximum absolute atomic E-state index is 12.3. The van der Waals surface area contributed by atoms with Crippen LogP contribution in [0.25, 0.3) is 10.8 Å². The number of anilines is 1. The van der Waals surface area contributed by atoms with Crippen LogP contribution in [0.15, 0.2) is 60.7 Å². The normalized spacial score (nSPS) is 11.7. The summed E-state index contributed by atoms with van der Waals surface area (Å²) in [5, 5.41) is 16.7. The Morgan fingerprint density at radius 3 is 2.77 bits per heavy atom. The van der Waals surface area contributed by atoms with Gasteiger partial charge in [-0.15, -0.1) is 0 Å². The van der Waals surface area contributed by atoms with E-state index < -0.39 is 0 Å². The molecule has 0 aliphatic heterocycles. The van der Waals surface area contributed by atoms with Crippen LogP contribution in [-0.2, 0) is 4.79 Å². The second-order valence-corrected chi connectivity index (χ2v) is 6.58. The second kappa shape index (κ2) is 8.01. The minimum absolute atomic E-state index is 0.127. The Hall–Kier alpha value is -2.87. The number of halogens is 1. The van der Waals surface area contributed by atoms with E-state index >= 15 is 0 Å². The Balaban J connectivity index is 1.68. The van der Waals surface area contributed by atoms with Crippen molar-refractivity contribution in [2.75, 3.05) is 11.9 Å². The zero-order valence-electron chi connectivity index (χ0n) is 14.4. The van der Waals surface area contributed by atoms with Gasteiger partial charge in [-0.2, -0.15) is 5.26 Å². The Morgan fingerprint density at radius 1 is 1.19 bits per heavy atom. The maximum Gasteiger partial charge on any atom is 0.279 e. The van der Waals surface area contributed by atoms with E-state index in [1.165, 1.54) is 16.3 Å². The average Bonchev–Trinajstić information content (AvgIpc) is 2.66. The number of amides is 1. The first-order chi connectivity index (χ1) is 12.6. The predicted molar refractivity (Wildman–Crippen MR) is 104 cm³/mol. The van der Waals surface area contributed by atoms with E-state index in [4.69, 9.17) is 16.9 Å². The fourth-order valence-electron chi connectivity index (χ4n) is 2.98. The minimum atomic E-state index is -0.171. The molecule has 4 nitrogen and oxygen atoms in total. The van der Waals surface area contributed by atoms with Gasteiger partial charge in [-0.25, -0.2) is 0 Å². The van der Waals surface area contributed by atoms with E-state index in [9.17, 15) is 4.79 Å². The van der Waals surface area contributed by atoms with Crippen molar-refractivity contribution in [1.29, 1.82) is 5.26 Å². The van der Waals surface area contributed by atoms with Crippen LogP contribution in [0.3, 0.4) is 0 Å². The maximum atomic E-state index is 12.3. The largest absolute Gasteiger partial charge is 0.332 e. The van der Waals surface area contributed by atoms with Crippen LogP contribution in [0.4, 0.5) is 5.69 Å². The first-order valence-corrected chi connectivity index (χ1v) is 8.77. The number of nitrogens with one attached hydrogen (secondary N) is 1. The summed E-state index contributed by atoms with van der Waals surface area (Å²) in [6, 6.07) is 21.4. The lowest BCUT2D eigenvalue weighted by molar-refractivity contribution is -0.682. The molecule has 0 aromatic heterocycles. The summed E-state index contributed by atoms with van der Waals surface area (Å²) < 4.78 is 0. The molecule has 0 aliphatic carbocycles. The van der Waals surface area contributed by atoms with E-state index in [-0.39, 0.29) is 18.5 Å². The Morgan fingerprint density at radius 2 is 1.96 bits per heavy atom. The van der Waals surface area contributed by atoms with E-state index in [2.05, 4.69) is 42.6 Å². The highest BCUT2D eigenvalue weighted by Crippen LogP contribution is 2.22. The zero-order chi connectivity index (χ0) is 18.5. The lowest BCUT2D eigenvalue weighted by atomic mass is 10.00. The molecule has 0 aliphatic rings. The van der Waals surface area contributed by atoms with Crippen LogP contribution < -0.4 is 10.6 Å². The molecule has 1 amide bonds. The van der Waals surface area contributed by atoms with Gasteiger partial charge in [0.05, 0.1) is 11.3 Å². The number of fused-ring (bicyclic) bond motifs is 1. The van der Waals surface area contributed by atoms with Crippen molar-refractivity contribution in [2.24, 2.45) is 0 Å². The van der Waals surface area contributed by atoms with Crippen LogP contribution in [0.1, 0.15) is 24.1 Å². The number of hydrogen-bond donors (Lipinski definition) is 2. The monoisotopic (exact) mass is 364 g/mol. The number of quaternary nitrogens is 1. The minimum Gasteiger partial charge on any atom is -0.332 e. The summed E-state index contributed by atoms with van der Waals surface area (Å²) in [4.78, 5) is 12.3. The Bertz CT molecular complexity index is 989. The number of benzene rings is 3. The summed E-state index contributed by atoms with van der Waals surface area (Å²) in [7, 11) is 0. The van der Waals surface area contributed by atoms with Gasteiger partial charge in [0.25, 0.3) is 5.91 Å². The summed E-state index contributed by atoms with van der Waals surface area (Å²) in [6.45, 7) is 2.33. The van der Waals surface area contributed by atoms with Gasteiger partial charge in [-0.3, -0.25) is 4.79 Å². The van der Waals surface area contributed by atoms with E-state index in [0.717, 1.165) is 0 Å². The molecule has 0 unspecified atom stereocenters. The zero-order valence-corrected chi connectivity index (χ0v) is 15.1. The predicted octanol–water partition coefficient (Wildman–Crippen LogP) is 3.63. The topological polar surface area (TPSA) is 69.5 Å². The van der Waals surface area contributed by atoms with Gasteiger partial charge in [0.15, 0.2) is 6.54 Å². The van der Waals surface area contributed by atoms with Gasteiger partial charge in [0.1, 0.15) is 12.1 Å². The summed E-state index contributed by atoms with van der Waals surface area (Å²) in [5.74, 6) is -0.171. The molecule has 3 N–H and O–H groups in total. The van der Waals surface area contributed by atoms with Crippen molar-refractivity contribution in [3.63, 3.8) is 0 Å². The summed E-state index contributed by atoms with van der Waals surface area (Å²) >= 11 is 5.95. The number of hydrogen-bond acceptors (Lipinski definition) is 2. The Labute approximate surface area is 157 Å². The van der Waals surface area contributed by atoms with Crippen molar-refractivity contribution in [1.82, 2.24) is 0 Å². The van der Waals surface area contributed by atoms with Gasteiger partial charge >= 0.3 is 0 Å². The third kappa shape index (κ3) is 4.02. The lowest BCUT2D eigenvalue weighted by Gasteiger charge is -2.14. The van der Waals surface area contributed by atoms with Crippen molar-refractivity contribution < 1.29 is 10.1 Å². The van der Waals surface area contributed by atoms with Crippen LogP contribution >= 0.6 is 11.6 Å². The first-order valence-electron chi connectivity index (χ1n) is 8.39. The molecule has 0 spiro atoms. The lowest BCUT2D eigenvalue weighted by Crippen LogP contribution is -2.86. The highest BCUT2D eigenvalue weighted by atomic mass is 35.5. The van der Waals surface area contributed by atoms with Gasteiger partial charge < -0.3 is 10.6 Å². The molecule has 130 valence electrons. The third-order valence-electron chi connectivity index (χ3n) is 4.35. The number of carbonyl (C=O) groups is 1. The van der Waals surface area contributed by atoms with Crippen molar-refractivity contribution in [3.05, 3.63) is 76.8 Å². The van der Waals surface area contributed by atoms with Gasteiger partial charge in [-0.05, 0) is 35.9 Å². The Kier molecular flexibility index (Phi) is 5.52. The molecule has 3 aromatic rings. The molecule has 0 bridgehead atoms. The summed E-state index contributed by atoms with van der Waals surface area (Å²) in [5.41, 5.74) is 2.03. The molecule has 1 atom stereocenters. The van der Waals surface area contributed by atoms with Crippen LogP contribution in [0, 0.1) is 11.3 Å². The molecular formula is C21H19ClN3O+. The molecule has 0 saturated carbocycles. The van der Waals surface area contributed by atoms with Gasteiger partial charge in [0, 0.05) is 10.6 Å². The molecular weight excluding hydrogens is 346 g/mol. The van der Waals surface area contributed by atoms with E-state index in [0.29, 0.717) is 16.3 Å². The smallest absolute Gasteiger partial charge is 0.279 e. The highest BCUT2D eigenvalue weighted by Gasteiger charge is 2.15. The third-order valence-corrected chi connectivity index (χ3v) is 4.58. The number of nitriles is 1. The van der Waals surface area contributed by atoms with Crippen LogP contribution in [0.5, 0.6) is 0 Å². The van der Waals surface area contributed by atoms with Crippen LogP contribution in [-0.4, -0.2) is 12.5 Å². The van der Waals surface area contributed by atoms with Crippen molar-refractivity contribution in [3.8, 4) is 6.07 Å². The number of nitrogens with two attached hydrogens (primary N) is 1. The van der Waals surface area contributed by atoms with Crippen LogP contribution in [0.2, 0.25) is 5.02 Å². The highest BCUT2D eigenvalue weighted by molar-refractivity contribution is 6.31. The van der Waals surface area contributed by atoms with E-state index in [1.807, 2.05) is 23.5 Å². The number of rotatable bonds is 5. The molecule has 26 heavy (non-hydrogen) atoms.